The van der Waals surface area contributed by atoms with Crippen molar-refractivity contribution in [1.82, 2.24) is 10.3 Å². The molecule has 1 N–H and O–H groups in total. The van der Waals surface area contributed by atoms with Crippen molar-refractivity contribution in [2.45, 2.75) is 51.5 Å². The summed E-state index contributed by atoms with van der Waals surface area (Å²) in [6.07, 6.45) is 11.4. The molecule has 0 saturated heterocycles. The molecule has 1 aliphatic rings. The number of hydrogen-bond acceptors (Lipinski definition) is 2. The third kappa shape index (κ3) is 3.96. The second kappa shape index (κ2) is 7.10. The van der Waals surface area contributed by atoms with Crippen LogP contribution in [0.3, 0.4) is 0 Å². The molecular weight excluding hydrogens is 244 g/mol. The van der Waals surface area contributed by atoms with E-state index >= 15 is 0 Å². The summed E-state index contributed by atoms with van der Waals surface area (Å²) in [5, 5.41) is 4.43. The molecule has 1 heterocycles. The van der Waals surface area contributed by atoms with Gasteiger partial charge in [-0.1, -0.05) is 37.8 Å². The minimum absolute atomic E-state index is 0.697. The molecule has 2 unspecified atom stereocenters. The predicted octanol–water partition coefficient (Wildman–Crippen LogP) is 3.84. The summed E-state index contributed by atoms with van der Waals surface area (Å²) in [5.41, 5.74) is 1.26. The lowest BCUT2D eigenvalue weighted by Gasteiger charge is -2.21. The fourth-order valence-electron chi connectivity index (χ4n) is 3.00. The maximum absolute atomic E-state index is 6.20. The molecule has 1 aromatic rings. The minimum Gasteiger partial charge on any atom is -0.314 e. The number of hydrogen-bond donors (Lipinski definition) is 1. The first-order valence-electron chi connectivity index (χ1n) is 7.11. The summed E-state index contributed by atoms with van der Waals surface area (Å²) < 4.78 is 0. The zero-order valence-corrected chi connectivity index (χ0v) is 11.9. The molecule has 3 heteroatoms. The number of nitrogens with one attached hydrogen (secondary N) is 1. The number of nitrogens with zero attached hydrogens (tertiary/aromatic N) is 1. The van der Waals surface area contributed by atoms with Gasteiger partial charge in [-0.25, -0.2) is 0 Å². The van der Waals surface area contributed by atoms with Crippen molar-refractivity contribution >= 4 is 11.6 Å². The quantitative estimate of drug-likeness (QED) is 0.838. The molecule has 1 fully saturated rings. The first kappa shape index (κ1) is 13.8. The summed E-state index contributed by atoms with van der Waals surface area (Å²) in [7, 11) is 0. The van der Waals surface area contributed by atoms with Crippen LogP contribution in [0.25, 0.3) is 0 Å². The Bertz CT molecular complexity index is 367. The topological polar surface area (TPSA) is 24.9 Å². The van der Waals surface area contributed by atoms with Gasteiger partial charge in [0, 0.05) is 18.4 Å². The normalized spacial score (nSPS) is 24.8. The Morgan fingerprint density at radius 1 is 1.39 bits per heavy atom. The molecule has 1 saturated carbocycles. The van der Waals surface area contributed by atoms with E-state index in [1.807, 2.05) is 6.20 Å². The van der Waals surface area contributed by atoms with Crippen LogP contribution in [0.15, 0.2) is 18.5 Å². The van der Waals surface area contributed by atoms with Crippen LogP contribution in [0, 0.1) is 5.92 Å². The van der Waals surface area contributed by atoms with Crippen molar-refractivity contribution in [3.63, 3.8) is 0 Å². The largest absolute Gasteiger partial charge is 0.314 e. The summed E-state index contributed by atoms with van der Waals surface area (Å²) in [5.74, 6) is 0.761. The zero-order valence-electron chi connectivity index (χ0n) is 11.2. The van der Waals surface area contributed by atoms with E-state index in [9.17, 15) is 0 Å². The number of pyridine rings is 1. The monoisotopic (exact) mass is 266 g/mol. The van der Waals surface area contributed by atoms with Crippen LogP contribution in [0.5, 0.6) is 0 Å². The van der Waals surface area contributed by atoms with Crippen molar-refractivity contribution in [3.8, 4) is 0 Å². The van der Waals surface area contributed by atoms with E-state index in [1.165, 1.54) is 37.7 Å². The number of aromatic nitrogens is 1. The molecule has 1 aliphatic carbocycles. The van der Waals surface area contributed by atoms with Crippen molar-refractivity contribution in [2.24, 2.45) is 5.92 Å². The van der Waals surface area contributed by atoms with Crippen molar-refractivity contribution < 1.29 is 0 Å². The third-order valence-electron chi connectivity index (χ3n) is 3.89. The Hall–Kier alpha value is -0.600. The Balaban J connectivity index is 1.97. The van der Waals surface area contributed by atoms with Gasteiger partial charge in [-0.3, -0.25) is 4.98 Å². The highest BCUT2D eigenvalue weighted by atomic mass is 35.5. The summed E-state index contributed by atoms with van der Waals surface area (Å²) in [6, 6.07) is 2.76. The smallest absolute Gasteiger partial charge is 0.0621 e. The van der Waals surface area contributed by atoms with Crippen molar-refractivity contribution in [3.05, 3.63) is 29.0 Å². The van der Waals surface area contributed by atoms with Crippen molar-refractivity contribution in [1.29, 1.82) is 0 Å². The SMILES string of the molecule is CCNC1CCCCC(Cc2ccncc2Cl)C1. The Morgan fingerprint density at radius 3 is 3.00 bits per heavy atom. The molecule has 0 spiro atoms. The average Bonchev–Trinajstić information content (AvgIpc) is 2.58. The maximum Gasteiger partial charge on any atom is 0.0621 e. The molecule has 2 nitrogen and oxygen atoms in total. The van der Waals surface area contributed by atoms with E-state index in [0.29, 0.717) is 6.04 Å². The van der Waals surface area contributed by atoms with Crippen LogP contribution in [0.2, 0.25) is 5.02 Å². The standard InChI is InChI=1S/C15H23ClN2/c1-2-18-14-6-4-3-5-12(10-14)9-13-7-8-17-11-15(13)16/h7-8,11-12,14,18H,2-6,9-10H2,1H3. The highest BCUT2D eigenvalue weighted by molar-refractivity contribution is 6.31. The van der Waals surface area contributed by atoms with Gasteiger partial charge in [0.25, 0.3) is 0 Å². The highest BCUT2D eigenvalue weighted by Gasteiger charge is 2.20. The van der Waals surface area contributed by atoms with Crippen LogP contribution >= 0.6 is 11.6 Å². The lowest BCUT2D eigenvalue weighted by atomic mass is 9.91. The molecule has 0 amide bonds. The van der Waals surface area contributed by atoms with E-state index in [4.69, 9.17) is 11.6 Å². The first-order valence-corrected chi connectivity index (χ1v) is 7.49. The number of halogens is 1. The van der Waals surface area contributed by atoms with Gasteiger partial charge in [-0.2, -0.15) is 0 Å². The van der Waals surface area contributed by atoms with Crippen LogP contribution in [0.4, 0.5) is 0 Å². The van der Waals surface area contributed by atoms with Gasteiger partial charge in [0.05, 0.1) is 5.02 Å². The van der Waals surface area contributed by atoms with E-state index in [1.54, 1.807) is 6.20 Å². The minimum atomic E-state index is 0.697. The average molecular weight is 267 g/mol. The second-order valence-electron chi connectivity index (χ2n) is 5.31. The van der Waals surface area contributed by atoms with E-state index in [2.05, 4.69) is 23.3 Å². The van der Waals surface area contributed by atoms with Gasteiger partial charge in [0.15, 0.2) is 0 Å². The van der Waals surface area contributed by atoms with Gasteiger partial charge in [0.2, 0.25) is 0 Å². The van der Waals surface area contributed by atoms with E-state index < -0.39 is 0 Å². The van der Waals surface area contributed by atoms with Crippen LogP contribution in [-0.4, -0.2) is 17.6 Å². The fraction of sp³-hybridized carbons (Fsp3) is 0.667. The number of rotatable bonds is 4. The summed E-state index contributed by atoms with van der Waals surface area (Å²) in [4.78, 5) is 4.06. The molecule has 0 bridgehead atoms. The van der Waals surface area contributed by atoms with Crippen molar-refractivity contribution in [2.75, 3.05) is 6.54 Å². The van der Waals surface area contributed by atoms with Gasteiger partial charge in [-0.05, 0) is 43.4 Å². The molecule has 2 atom stereocenters. The molecule has 18 heavy (non-hydrogen) atoms. The molecule has 0 radical (unpaired) electrons. The van der Waals surface area contributed by atoms with E-state index in [0.717, 1.165) is 23.9 Å². The zero-order chi connectivity index (χ0) is 12.8. The van der Waals surface area contributed by atoms with Gasteiger partial charge < -0.3 is 5.32 Å². The first-order chi connectivity index (χ1) is 8.79. The summed E-state index contributed by atoms with van der Waals surface area (Å²) >= 11 is 6.20. The molecular formula is C15H23ClN2. The molecule has 2 rings (SSSR count). The Morgan fingerprint density at radius 2 is 2.22 bits per heavy atom. The van der Waals surface area contributed by atoms with Gasteiger partial charge >= 0.3 is 0 Å². The molecule has 1 aromatic heterocycles. The second-order valence-corrected chi connectivity index (χ2v) is 5.72. The maximum atomic E-state index is 6.20. The van der Waals surface area contributed by atoms with Crippen LogP contribution in [0.1, 0.15) is 44.6 Å². The highest BCUT2D eigenvalue weighted by Crippen LogP contribution is 2.28. The fourth-order valence-corrected chi connectivity index (χ4v) is 3.20. The predicted molar refractivity (Wildman–Crippen MR) is 77.0 cm³/mol. The molecule has 100 valence electrons. The lowest BCUT2D eigenvalue weighted by Crippen LogP contribution is -2.30. The Kier molecular flexibility index (Phi) is 5.45. The van der Waals surface area contributed by atoms with Gasteiger partial charge in [-0.15, -0.1) is 0 Å². The summed E-state index contributed by atoms with van der Waals surface area (Å²) in [6.45, 7) is 3.27. The van der Waals surface area contributed by atoms with E-state index in [-0.39, 0.29) is 0 Å². The molecule has 0 aliphatic heterocycles. The Labute approximate surface area is 115 Å². The third-order valence-corrected chi connectivity index (χ3v) is 4.23. The van der Waals surface area contributed by atoms with Crippen LogP contribution in [-0.2, 0) is 6.42 Å². The lowest BCUT2D eigenvalue weighted by molar-refractivity contribution is 0.389. The molecule has 0 aromatic carbocycles. The van der Waals surface area contributed by atoms with Gasteiger partial charge in [0.1, 0.15) is 0 Å². The van der Waals surface area contributed by atoms with Crippen LogP contribution < -0.4 is 5.32 Å².